The Balaban J connectivity index is 2.21. The van der Waals surface area contributed by atoms with Crippen LogP contribution >= 0.6 is 0 Å². The number of amides is 1. The first-order valence-electron chi connectivity index (χ1n) is 8.00. The minimum atomic E-state index is -1.14. The number of allylic oxidation sites excluding steroid dienone is 4. The van der Waals surface area contributed by atoms with Gasteiger partial charge in [-0.1, -0.05) is 0 Å². The van der Waals surface area contributed by atoms with Crippen LogP contribution in [0.4, 0.5) is 0 Å². The lowest BCUT2D eigenvalue weighted by Crippen LogP contribution is -2.53. The smallest absolute Gasteiger partial charge is 0.268 e. The highest BCUT2D eigenvalue weighted by Gasteiger charge is 2.28. The van der Waals surface area contributed by atoms with Gasteiger partial charge in [-0.05, 0) is 43.9 Å². The van der Waals surface area contributed by atoms with Gasteiger partial charge in [0.15, 0.2) is 0 Å². The third-order valence-electron chi connectivity index (χ3n) is 4.03. The van der Waals surface area contributed by atoms with E-state index < -0.39 is 24.7 Å². The Morgan fingerprint density at radius 2 is 2.04 bits per heavy atom. The number of nitrogens with one attached hydrogen (secondary N) is 3. The first-order valence-corrected chi connectivity index (χ1v) is 8.00. The zero-order chi connectivity index (χ0) is 17.7. The van der Waals surface area contributed by atoms with Gasteiger partial charge in [-0.15, -0.1) is 0 Å². The normalized spacial score (nSPS) is 19.7. The molecular formula is C17H25N3O4. The molecule has 1 fully saturated rings. The maximum Gasteiger partial charge on any atom is 0.268 e. The first-order chi connectivity index (χ1) is 11.4. The SMILES string of the molecule is CN/C(C(=O)NC(C)(CO)CO)=C1/C=C(OCC2CC2)C=CC1=N. The molecule has 0 unspecified atom stereocenters. The molecule has 7 nitrogen and oxygen atoms in total. The maximum atomic E-state index is 12.5. The summed E-state index contributed by atoms with van der Waals surface area (Å²) in [6, 6.07) is 0. The van der Waals surface area contributed by atoms with Crippen molar-refractivity contribution in [3.63, 3.8) is 0 Å². The van der Waals surface area contributed by atoms with E-state index in [4.69, 9.17) is 10.1 Å². The van der Waals surface area contributed by atoms with Gasteiger partial charge >= 0.3 is 0 Å². The van der Waals surface area contributed by atoms with E-state index in [9.17, 15) is 15.0 Å². The summed E-state index contributed by atoms with van der Waals surface area (Å²) in [4.78, 5) is 12.5. The Morgan fingerprint density at radius 3 is 2.58 bits per heavy atom. The highest BCUT2D eigenvalue weighted by Crippen LogP contribution is 2.30. The van der Waals surface area contributed by atoms with Crippen LogP contribution in [0.25, 0.3) is 0 Å². The van der Waals surface area contributed by atoms with Crippen LogP contribution in [0.2, 0.25) is 0 Å². The van der Waals surface area contributed by atoms with Gasteiger partial charge in [0.2, 0.25) is 0 Å². The van der Waals surface area contributed by atoms with Crippen molar-refractivity contribution >= 4 is 11.6 Å². The second kappa shape index (κ2) is 7.63. The number of carbonyl (C=O) groups is 1. The van der Waals surface area contributed by atoms with E-state index in [1.807, 2.05) is 0 Å². The monoisotopic (exact) mass is 335 g/mol. The van der Waals surface area contributed by atoms with Crippen LogP contribution < -0.4 is 10.6 Å². The third kappa shape index (κ3) is 4.46. The van der Waals surface area contributed by atoms with Crippen molar-refractivity contribution in [1.82, 2.24) is 10.6 Å². The van der Waals surface area contributed by atoms with Crippen LogP contribution in [0.15, 0.2) is 35.3 Å². The van der Waals surface area contributed by atoms with E-state index in [2.05, 4.69) is 10.6 Å². The minimum absolute atomic E-state index is 0.183. The molecule has 2 aliphatic rings. The summed E-state index contributed by atoms with van der Waals surface area (Å²) in [7, 11) is 1.58. The van der Waals surface area contributed by atoms with Crippen LogP contribution in [0.3, 0.4) is 0 Å². The molecule has 0 heterocycles. The molecule has 0 atom stereocenters. The zero-order valence-electron chi connectivity index (χ0n) is 14.1. The van der Waals surface area contributed by atoms with Crippen molar-refractivity contribution in [1.29, 1.82) is 5.41 Å². The number of hydrogen-bond acceptors (Lipinski definition) is 6. The molecule has 0 spiro atoms. The fraction of sp³-hybridized carbons (Fsp3) is 0.529. The summed E-state index contributed by atoms with van der Waals surface area (Å²) in [5.41, 5.74) is -0.365. The summed E-state index contributed by atoms with van der Waals surface area (Å²) in [6.07, 6.45) is 7.32. The van der Waals surface area contributed by atoms with Crippen molar-refractivity contribution < 1.29 is 19.7 Å². The van der Waals surface area contributed by atoms with E-state index in [1.165, 1.54) is 19.8 Å². The molecule has 0 bridgehead atoms. The molecule has 2 rings (SSSR count). The van der Waals surface area contributed by atoms with E-state index in [1.54, 1.807) is 25.3 Å². The van der Waals surface area contributed by atoms with Crippen molar-refractivity contribution in [3.8, 4) is 0 Å². The standard InChI is InChI=1S/C17H25N3O4/c1-17(9-21,10-22)20-16(23)15(19-2)13-7-12(5-6-14(13)18)24-8-11-3-4-11/h5-7,11,18-19,21-22H,3-4,8-10H2,1-2H3,(H,20,23)/b15-13-,18-14?. The average molecular weight is 335 g/mol. The fourth-order valence-corrected chi connectivity index (χ4v) is 2.15. The van der Waals surface area contributed by atoms with Crippen molar-refractivity contribution in [2.45, 2.75) is 25.3 Å². The number of aliphatic hydroxyl groups is 2. The van der Waals surface area contributed by atoms with E-state index in [-0.39, 0.29) is 11.4 Å². The number of ether oxygens (including phenoxy) is 1. The van der Waals surface area contributed by atoms with Gasteiger partial charge < -0.3 is 31.0 Å². The molecular weight excluding hydrogens is 310 g/mol. The van der Waals surface area contributed by atoms with Gasteiger partial charge in [0, 0.05) is 12.6 Å². The second-order valence-corrected chi connectivity index (χ2v) is 6.42. The molecule has 24 heavy (non-hydrogen) atoms. The molecule has 0 aromatic heterocycles. The van der Waals surface area contributed by atoms with Crippen LogP contribution in [-0.2, 0) is 9.53 Å². The summed E-state index contributed by atoms with van der Waals surface area (Å²) < 4.78 is 5.71. The Hall–Kier alpha value is -2.12. The predicted molar refractivity (Wildman–Crippen MR) is 90.4 cm³/mol. The summed E-state index contributed by atoms with van der Waals surface area (Å²) in [6.45, 7) is 1.38. The zero-order valence-corrected chi connectivity index (χ0v) is 14.1. The second-order valence-electron chi connectivity index (χ2n) is 6.42. The molecule has 7 heteroatoms. The largest absolute Gasteiger partial charge is 0.493 e. The predicted octanol–water partition coefficient (Wildman–Crippen LogP) is 0.219. The lowest BCUT2D eigenvalue weighted by molar-refractivity contribution is -0.120. The first kappa shape index (κ1) is 18.2. The fourth-order valence-electron chi connectivity index (χ4n) is 2.15. The van der Waals surface area contributed by atoms with Gasteiger partial charge in [-0.2, -0.15) is 0 Å². The van der Waals surface area contributed by atoms with E-state index in [0.717, 1.165) is 0 Å². The third-order valence-corrected chi connectivity index (χ3v) is 4.03. The number of carbonyl (C=O) groups excluding carboxylic acids is 1. The summed E-state index contributed by atoms with van der Waals surface area (Å²) in [5, 5.41) is 32.1. The van der Waals surface area contributed by atoms with Crippen LogP contribution in [0.1, 0.15) is 19.8 Å². The minimum Gasteiger partial charge on any atom is -0.493 e. The van der Waals surface area contributed by atoms with Crippen LogP contribution in [0.5, 0.6) is 0 Å². The van der Waals surface area contributed by atoms with Crippen molar-refractivity contribution in [2.24, 2.45) is 5.92 Å². The lowest BCUT2D eigenvalue weighted by atomic mass is 10.00. The highest BCUT2D eigenvalue weighted by molar-refractivity contribution is 6.14. The van der Waals surface area contributed by atoms with Crippen LogP contribution in [0, 0.1) is 11.3 Å². The van der Waals surface area contributed by atoms with Gasteiger partial charge in [0.05, 0.1) is 31.1 Å². The quantitative estimate of drug-likeness (QED) is 0.407. The Bertz CT molecular complexity index is 599. The Morgan fingerprint density at radius 1 is 1.38 bits per heavy atom. The molecule has 0 aromatic rings. The van der Waals surface area contributed by atoms with E-state index >= 15 is 0 Å². The summed E-state index contributed by atoms with van der Waals surface area (Å²) >= 11 is 0. The summed E-state index contributed by atoms with van der Waals surface area (Å²) in [5.74, 6) is 0.714. The maximum absolute atomic E-state index is 12.5. The molecule has 0 radical (unpaired) electrons. The molecule has 0 aromatic carbocycles. The van der Waals surface area contributed by atoms with Crippen molar-refractivity contribution in [3.05, 3.63) is 35.3 Å². The number of likely N-dealkylation sites (N-methyl/N-ethyl adjacent to an activating group) is 1. The molecule has 0 saturated heterocycles. The molecule has 0 aliphatic heterocycles. The average Bonchev–Trinajstić information content (AvgIpc) is 3.40. The van der Waals surface area contributed by atoms with Gasteiger partial charge in [-0.3, -0.25) is 4.79 Å². The Kier molecular flexibility index (Phi) is 5.80. The van der Waals surface area contributed by atoms with Gasteiger partial charge in [0.25, 0.3) is 5.91 Å². The molecule has 1 saturated carbocycles. The molecule has 1 amide bonds. The Labute approximate surface area is 141 Å². The van der Waals surface area contributed by atoms with E-state index in [0.29, 0.717) is 23.9 Å². The number of rotatable bonds is 8. The van der Waals surface area contributed by atoms with Crippen molar-refractivity contribution in [2.75, 3.05) is 26.9 Å². The highest BCUT2D eigenvalue weighted by atomic mass is 16.5. The molecule has 2 aliphatic carbocycles. The molecule has 5 N–H and O–H groups in total. The van der Waals surface area contributed by atoms with Gasteiger partial charge in [0.1, 0.15) is 11.5 Å². The topological polar surface area (TPSA) is 115 Å². The number of hydrogen-bond donors (Lipinski definition) is 5. The molecule has 132 valence electrons. The van der Waals surface area contributed by atoms with Gasteiger partial charge in [-0.25, -0.2) is 0 Å². The lowest BCUT2D eigenvalue weighted by Gasteiger charge is -2.27. The number of aliphatic hydroxyl groups excluding tert-OH is 2. The van der Waals surface area contributed by atoms with Crippen LogP contribution in [-0.4, -0.2) is 54.2 Å².